The summed E-state index contributed by atoms with van der Waals surface area (Å²) in [6.45, 7) is 4.75. The van der Waals surface area contributed by atoms with Crippen LogP contribution in [0, 0.1) is 11.3 Å². The summed E-state index contributed by atoms with van der Waals surface area (Å²) in [6, 6.07) is 2.04. The molecule has 3 aromatic rings. The van der Waals surface area contributed by atoms with E-state index in [1.807, 2.05) is 11.8 Å². The number of ether oxygens (including phenoxy) is 1. The number of alkyl halides is 1. The maximum atomic E-state index is 14.5. The van der Waals surface area contributed by atoms with E-state index in [4.69, 9.17) is 31.2 Å². The molecule has 15 heteroatoms. The van der Waals surface area contributed by atoms with Crippen molar-refractivity contribution in [3.05, 3.63) is 34.1 Å². The number of thiophene rings is 1. The van der Waals surface area contributed by atoms with E-state index < -0.39 is 12.2 Å². The largest absolute Gasteiger partial charge is 0.461 e. The Morgan fingerprint density at radius 3 is 2.84 bits per heavy atom. The van der Waals surface area contributed by atoms with Crippen molar-refractivity contribution in [2.45, 2.75) is 62.2 Å². The van der Waals surface area contributed by atoms with E-state index in [-0.39, 0.29) is 42.5 Å². The first-order valence-electron chi connectivity index (χ1n) is 15.0. The topological polar surface area (TPSA) is 179 Å². The Balaban J connectivity index is 1.22. The van der Waals surface area contributed by atoms with Crippen molar-refractivity contribution in [1.82, 2.24) is 29.8 Å². The van der Waals surface area contributed by atoms with Gasteiger partial charge in [0, 0.05) is 55.3 Å². The highest BCUT2D eigenvalue weighted by atomic mass is 32.1. The van der Waals surface area contributed by atoms with Gasteiger partial charge in [0.1, 0.15) is 35.4 Å². The van der Waals surface area contributed by atoms with Gasteiger partial charge in [-0.2, -0.15) is 20.2 Å². The van der Waals surface area contributed by atoms with Crippen LogP contribution < -0.4 is 26.0 Å². The average molecular weight is 622 g/mol. The number of rotatable bonds is 9. The standard InChI is InChI=1S/C29H36FN11O2S/c1-17(22-23(32)35-7-6-34-22)41(9-10-42)26-36-25(37-27(38-26)43-16-29-4-2-8-40(29)13-18(30)11-29)39-14-28(15-39)5-3-20-21(28)19(12-31)24(33)44-20/h6-7,17-18,42H,2-5,8-11,13-16,33H2,1H3,(H2,32,35)/t17?,18-,29+/m1/s1. The summed E-state index contributed by atoms with van der Waals surface area (Å²) in [5.74, 6) is 1.02. The number of nitrogens with two attached hydrogens (primary N) is 2. The minimum absolute atomic E-state index is 0.140. The van der Waals surface area contributed by atoms with E-state index in [1.54, 1.807) is 6.20 Å². The Kier molecular flexibility index (Phi) is 7.18. The quantitative estimate of drug-likeness (QED) is 0.316. The minimum Gasteiger partial charge on any atom is -0.461 e. The third-order valence-corrected chi connectivity index (χ3v) is 10.9. The van der Waals surface area contributed by atoms with Crippen LogP contribution in [0.2, 0.25) is 0 Å². The predicted octanol–water partition coefficient (Wildman–Crippen LogP) is 1.98. The predicted molar refractivity (Wildman–Crippen MR) is 163 cm³/mol. The summed E-state index contributed by atoms with van der Waals surface area (Å²) in [6.07, 6.45) is 6.34. The first-order chi connectivity index (χ1) is 21.3. The maximum Gasteiger partial charge on any atom is 0.323 e. The van der Waals surface area contributed by atoms with Crippen LogP contribution in [-0.4, -0.2) is 92.6 Å². The van der Waals surface area contributed by atoms with Gasteiger partial charge >= 0.3 is 6.01 Å². The van der Waals surface area contributed by atoms with Crippen LogP contribution in [-0.2, 0) is 11.8 Å². The zero-order valence-corrected chi connectivity index (χ0v) is 25.4. The number of aryl methyl sites for hydroxylation is 1. The number of nitrogen functional groups attached to an aromatic ring is 2. The van der Waals surface area contributed by atoms with E-state index in [9.17, 15) is 14.8 Å². The Morgan fingerprint density at radius 1 is 1.25 bits per heavy atom. The van der Waals surface area contributed by atoms with Crippen molar-refractivity contribution in [3.8, 4) is 12.1 Å². The van der Waals surface area contributed by atoms with Crippen LogP contribution in [0.25, 0.3) is 0 Å². The average Bonchev–Trinajstić information content (AvgIpc) is 3.72. The number of halogens is 1. The third kappa shape index (κ3) is 4.67. The molecule has 0 saturated carbocycles. The number of aliphatic hydroxyl groups excluding tert-OH is 1. The molecule has 44 heavy (non-hydrogen) atoms. The second-order valence-corrected chi connectivity index (χ2v) is 13.5. The summed E-state index contributed by atoms with van der Waals surface area (Å²) in [5, 5.41) is 20.4. The van der Waals surface area contributed by atoms with Crippen LogP contribution in [0.1, 0.15) is 60.3 Å². The molecule has 7 rings (SSSR count). The van der Waals surface area contributed by atoms with Gasteiger partial charge in [0.05, 0.1) is 23.8 Å². The van der Waals surface area contributed by atoms with Crippen LogP contribution in [0.15, 0.2) is 12.4 Å². The van der Waals surface area contributed by atoms with Gasteiger partial charge < -0.3 is 31.1 Å². The number of aromatic nitrogens is 5. The zero-order chi connectivity index (χ0) is 30.6. The Hall–Kier alpha value is -3.87. The lowest BCUT2D eigenvalue weighted by Gasteiger charge is -2.48. The van der Waals surface area contributed by atoms with Gasteiger partial charge in [-0.15, -0.1) is 11.3 Å². The molecule has 6 heterocycles. The lowest BCUT2D eigenvalue weighted by Crippen LogP contribution is -2.59. The van der Waals surface area contributed by atoms with Gasteiger partial charge in [0.15, 0.2) is 0 Å². The molecule has 0 radical (unpaired) electrons. The van der Waals surface area contributed by atoms with Crippen LogP contribution in [0.5, 0.6) is 6.01 Å². The highest BCUT2D eigenvalue weighted by Crippen LogP contribution is 2.52. The number of hydrogen-bond acceptors (Lipinski definition) is 14. The normalized spacial score (nSPS) is 24.1. The summed E-state index contributed by atoms with van der Waals surface area (Å²) >= 11 is 1.51. The van der Waals surface area contributed by atoms with Crippen LogP contribution >= 0.6 is 11.3 Å². The minimum atomic E-state index is -0.875. The highest BCUT2D eigenvalue weighted by molar-refractivity contribution is 7.16. The number of hydrogen-bond donors (Lipinski definition) is 3. The SMILES string of the molecule is CC(c1nccnc1N)N(CCO)c1nc(OC[C@@]23CCCN2C[C@H](F)C3)nc(N2CC3(CCc4sc(N)c(C#N)c43)C2)n1. The van der Waals surface area contributed by atoms with E-state index in [1.165, 1.54) is 22.4 Å². The lowest BCUT2D eigenvalue weighted by atomic mass is 9.74. The van der Waals surface area contributed by atoms with Gasteiger partial charge in [-0.25, -0.2) is 9.37 Å². The molecule has 232 valence electrons. The molecule has 3 atom stereocenters. The van der Waals surface area contributed by atoms with Gasteiger partial charge in [0.2, 0.25) is 11.9 Å². The molecule has 3 aliphatic heterocycles. The second-order valence-electron chi connectivity index (χ2n) is 12.4. The molecule has 5 N–H and O–H groups in total. The molecule has 3 saturated heterocycles. The molecule has 0 aromatic carbocycles. The Labute approximate surface area is 258 Å². The van der Waals surface area contributed by atoms with Crippen molar-refractivity contribution >= 4 is 34.1 Å². The van der Waals surface area contributed by atoms with Crippen molar-refractivity contribution < 1.29 is 14.2 Å². The maximum absolute atomic E-state index is 14.5. The molecule has 1 spiro atoms. The summed E-state index contributed by atoms with van der Waals surface area (Å²) in [5.41, 5.74) is 14.0. The number of anilines is 4. The summed E-state index contributed by atoms with van der Waals surface area (Å²) in [4.78, 5) is 30.2. The number of aliphatic hydroxyl groups is 1. The number of nitriles is 1. The molecule has 3 aromatic heterocycles. The second kappa shape index (κ2) is 10.9. The lowest BCUT2D eigenvalue weighted by molar-refractivity contribution is 0.107. The molecule has 13 nitrogen and oxygen atoms in total. The summed E-state index contributed by atoms with van der Waals surface area (Å²) < 4.78 is 20.8. The third-order valence-electron chi connectivity index (χ3n) is 9.79. The highest BCUT2D eigenvalue weighted by Gasteiger charge is 2.52. The summed E-state index contributed by atoms with van der Waals surface area (Å²) in [7, 11) is 0. The Bertz CT molecular complexity index is 1610. The van der Waals surface area contributed by atoms with E-state index in [2.05, 4.69) is 25.8 Å². The van der Waals surface area contributed by atoms with Crippen LogP contribution in [0.3, 0.4) is 0 Å². The molecule has 4 aliphatic rings. The molecule has 1 aliphatic carbocycles. The van der Waals surface area contributed by atoms with Gasteiger partial charge in [-0.3, -0.25) is 9.88 Å². The van der Waals surface area contributed by atoms with Gasteiger partial charge in [-0.05, 0) is 44.7 Å². The van der Waals surface area contributed by atoms with Crippen molar-refractivity contribution in [1.29, 1.82) is 5.26 Å². The first kappa shape index (κ1) is 28.9. The number of nitrogens with zero attached hydrogens (tertiary/aromatic N) is 9. The molecule has 0 bridgehead atoms. The number of fused-ring (bicyclic) bond motifs is 3. The molecule has 0 amide bonds. The van der Waals surface area contributed by atoms with Crippen molar-refractivity contribution in [3.63, 3.8) is 0 Å². The monoisotopic (exact) mass is 621 g/mol. The first-order valence-corrected chi connectivity index (χ1v) is 15.9. The van der Waals surface area contributed by atoms with Crippen LogP contribution in [0.4, 0.5) is 27.1 Å². The fraction of sp³-hybridized carbons (Fsp3) is 0.586. The molecule has 1 unspecified atom stereocenters. The molecular weight excluding hydrogens is 585 g/mol. The van der Waals surface area contributed by atoms with E-state index >= 15 is 0 Å². The fourth-order valence-electron chi connectivity index (χ4n) is 7.69. The fourth-order valence-corrected chi connectivity index (χ4v) is 8.83. The van der Waals surface area contributed by atoms with Crippen molar-refractivity contribution in [2.75, 3.05) is 67.2 Å². The zero-order valence-electron chi connectivity index (χ0n) is 24.6. The van der Waals surface area contributed by atoms with Gasteiger partial charge in [-0.1, -0.05) is 0 Å². The molecule has 3 fully saturated rings. The molecular formula is C29H36FN11O2S. The smallest absolute Gasteiger partial charge is 0.323 e. The van der Waals surface area contributed by atoms with Crippen molar-refractivity contribution in [2.24, 2.45) is 0 Å². The van der Waals surface area contributed by atoms with Gasteiger partial charge in [0.25, 0.3) is 0 Å². The van der Waals surface area contributed by atoms with E-state index in [0.717, 1.165) is 37.8 Å². The van der Waals surface area contributed by atoms with E-state index in [0.29, 0.717) is 54.2 Å². The Morgan fingerprint density at radius 2 is 2.07 bits per heavy atom.